The van der Waals surface area contributed by atoms with E-state index in [1.54, 1.807) is 0 Å². The molecular weight excluding hydrogens is 226 g/mol. The third-order valence-electron chi connectivity index (χ3n) is 1.59. The highest BCUT2D eigenvalue weighted by molar-refractivity contribution is 6.30. The van der Waals surface area contributed by atoms with E-state index in [-0.39, 0.29) is 12.4 Å². The molecule has 15 heavy (non-hydrogen) atoms. The van der Waals surface area contributed by atoms with Crippen molar-refractivity contribution in [1.82, 2.24) is 0 Å². The third-order valence-corrected chi connectivity index (χ3v) is 1.83. The first-order valence-electron chi connectivity index (χ1n) is 4.15. The second kappa shape index (κ2) is 5.68. The molecule has 2 nitrogen and oxygen atoms in total. The highest BCUT2D eigenvalue weighted by Gasteiger charge is 2.08. The Morgan fingerprint density at radius 3 is 2.80 bits per heavy atom. The van der Waals surface area contributed by atoms with Crippen LogP contribution in [0.1, 0.15) is 5.56 Å². The number of aliphatic hydroxyl groups is 1. The van der Waals surface area contributed by atoms with Crippen molar-refractivity contribution in [2.75, 3.05) is 6.61 Å². The van der Waals surface area contributed by atoms with Crippen LogP contribution in [0, 0.1) is 0 Å². The van der Waals surface area contributed by atoms with Crippen molar-refractivity contribution in [2.45, 2.75) is 6.61 Å². The van der Waals surface area contributed by atoms with E-state index in [1.165, 1.54) is 30.4 Å². The van der Waals surface area contributed by atoms with Gasteiger partial charge in [-0.15, -0.1) is 0 Å². The molecule has 0 spiro atoms. The van der Waals surface area contributed by atoms with Crippen molar-refractivity contribution in [3.8, 4) is 5.75 Å². The first-order valence-corrected chi connectivity index (χ1v) is 4.53. The first kappa shape index (κ1) is 11.9. The molecule has 0 saturated heterocycles. The number of hydrogen-bond donors (Lipinski definition) is 1. The maximum Gasteiger partial charge on any atom is 0.387 e. The molecule has 82 valence electrons. The molecular formula is C10H9ClF2O2. The van der Waals surface area contributed by atoms with E-state index in [9.17, 15) is 8.78 Å². The fourth-order valence-corrected chi connectivity index (χ4v) is 1.21. The minimum absolute atomic E-state index is 0.0269. The number of hydrogen-bond acceptors (Lipinski definition) is 2. The van der Waals surface area contributed by atoms with Gasteiger partial charge in [0.2, 0.25) is 0 Å². The molecule has 0 aliphatic carbocycles. The first-order chi connectivity index (χ1) is 7.13. The molecule has 0 amide bonds. The van der Waals surface area contributed by atoms with Gasteiger partial charge in [0.1, 0.15) is 5.75 Å². The van der Waals surface area contributed by atoms with Gasteiger partial charge in [-0.3, -0.25) is 0 Å². The van der Waals surface area contributed by atoms with E-state index in [4.69, 9.17) is 16.7 Å². The van der Waals surface area contributed by atoms with Crippen LogP contribution in [-0.4, -0.2) is 18.3 Å². The fraction of sp³-hybridized carbons (Fsp3) is 0.200. The molecule has 0 radical (unpaired) electrons. The van der Waals surface area contributed by atoms with Crippen molar-refractivity contribution in [2.24, 2.45) is 0 Å². The highest BCUT2D eigenvalue weighted by Crippen LogP contribution is 2.25. The molecule has 0 unspecified atom stereocenters. The topological polar surface area (TPSA) is 29.5 Å². The standard InChI is InChI=1S/C10H9ClF2O2/c11-8-3-4-9(15-10(12)13)7(6-8)2-1-5-14/h1-4,6,10,14H,5H2/b2-1+. The summed E-state index contributed by atoms with van der Waals surface area (Å²) in [6, 6.07) is 4.28. The summed E-state index contributed by atoms with van der Waals surface area (Å²) >= 11 is 5.69. The smallest absolute Gasteiger partial charge is 0.387 e. The van der Waals surface area contributed by atoms with Crippen LogP contribution in [0.2, 0.25) is 5.02 Å². The Morgan fingerprint density at radius 2 is 2.20 bits per heavy atom. The van der Waals surface area contributed by atoms with Crippen LogP contribution in [0.3, 0.4) is 0 Å². The van der Waals surface area contributed by atoms with Crippen molar-refractivity contribution in [3.05, 3.63) is 34.9 Å². The zero-order valence-corrected chi connectivity index (χ0v) is 8.42. The summed E-state index contributed by atoms with van der Waals surface area (Å²) in [5, 5.41) is 8.97. The normalized spacial score (nSPS) is 11.3. The molecule has 0 bridgehead atoms. The van der Waals surface area contributed by atoms with Gasteiger partial charge < -0.3 is 9.84 Å². The summed E-state index contributed by atoms with van der Waals surface area (Å²) in [6.07, 6.45) is 2.87. The van der Waals surface area contributed by atoms with Crippen molar-refractivity contribution >= 4 is 17.7 Å². The minimum atomic E-state index is -2.88. The summed E-state index contributed by atoms with van der Waals surface area (Å²) in [7, 11) is 0. The van der Waals surface area contributed by atoms with Crippen molar-refractivity contribution < 1.29 is 18.6 Å². The van der Waals surface area contributed by atoms with Gasteiger partial charge in [0.15, 0.2) is 0 Å². The van der Waals surface area contributed by atoms with Crippen LogP contribution in [-0.2, 0) is 0 Å². The minimum Gasteiger partial charge on any atom is -0.434 e. The lowest BCUT2D eigenvalue weighted by atomic mass is 10.2. The van der Waals surface area contributed by atoms with Gasteiger partial charge in [-0.05, 0) is 18.2 Å². The van der Waals surface area contributed by atoms with Crippen LogP contribution < -0.4 is 4.74 Å². The predicted octanol–water partition coefficient (Wildman–Crippen LogP) is 2.95. The second-order valence-corrected chi connectivity index (χ2v) is 3.08. The fourth-order valence-electron chi connectivity index (χ4n) is 1.03. The van der Waals surface area contributed by atoms with Crippen LogP contribution in [0.5, 0.6) is 5.75 Å². The average molecular weight is 235 g/mol. The summed E-state index contributed by atoms with van der Waals surface area (Å²) in [5.74, 6) is 0.0269. The molecule has 0 heterocycles. The van der Waals surface area contributed by atoms with E-state index in [2.05, 4.69) is 4.74 Å². The molecule has 0 aromatic heterocycles. The van der Waals surface area contributed by atoms with Gasteiger partial charge in [0.05, 0.1) is 6.61 Å². The molecule has 0 fully saturated rings. The van der Waals surface area contributed by atoms with Crippen molar-refractivity contribution in [3.63, 3.8) is 0 Å². The summed E-state index contributed by atoms with van der Waals surface area (Å²) in [5.41, 5.74) is 0.400. The molecule has 1 rings (SSSR count). The molecule has 0 aliphatic heterocycles. The van der Waals surface area contributed by atoms with E-state index >= 15 is 0 Å². The quantitative estimate of drug-likeness (QED) is 0.868. The summed E-state index contributed by atoms with van der Waals surface area (Å²) < 4.78 is 28.3. The molecule has 0 aliphatic rings. The Hall–Kier alpha value is -1.13. The van der Waals surface area contributed by atoms with Gasteiger partial charge in [0.25, 0.3) is 0 Å². The highest BCUT2D eigenvalue weighted by atomic mass is 35.5. The van der Waals surface area contributed by atoms with E-state index in [1.807, 2.05) is 0 Å². The monoisotopic (exact) mass is 234 g/mol. The predicted molar refractivity (Wildman–Crippen MR) is 54.2 cm³/mol. The van der Waals surface area contributed by atoms with Crippen LogP contribution in [0.15, 0.2) is 24.3 Å². The Balaban J connectivity index is 2.97. The largest absolute Gasteiger partial charge is 0.434 e. The Bertz CT molecular complexity index is 353. The molecule has 0 atom stereocenters. The van der Waals surface area contributed by atoms with Gasteiger partial charge in [-0.2, -0.15) is 8.78 Å². The number of ether oxygens (including phenoxy) is 1. The average Bonchev–Trinajstić information content (AvgIpc) is 2.18. The SMILES string of the molecule is OC/C=C/c1cc(Cl)ccc1OC(F)F. The second-order valence-electron chi connectivity index (χ2n) is 2.65. The lowest BCUT2D eigenvalue weighted by molar-refractivity contribution is -0.0499. The zero-order valence-electron chi connectivity index (χ0n) is 7.66. The number of halogens is 3. The number of benzene rings is 1. The van der Waals surface area contributed by atoms with Gasteiger partial charge in [-0.25, -0.2) is 0 Å². The lowest BCUT2D eigenvalue weighted by Gasteiger charge is -2.07. The van der Waals surface area contributed by atoms with E-state index < -0.39 is 6.61 Å². The number of rotatable bonds is 4. The van der Waals surface area contributed by atoms with E-state index in [0.29, 0.717) is 10.6 Å². The van der Waals surface area contributed by atoms with Gasteiger partial charge >= 0.3 is 6.61 Å². The molecule has 5 heteroatoms. The van der Waals surface area contributed by atoms with Gasteiger partial charge in [-0.1, -0.05) is 23.8 Å². The molecule has 1 aromatic carbocycles. The molecule has 0 saturated carbocycles. The maximum absolute atomic E-state index is 12.0. The van der Waals surface area contributed by atoms with Crippen molar-refractivity contribution in [1.29, 1.82) is 0 Å². The zero-order chi connectivity index (χ0) is 11.3. The lowest BCUT2D eigenvalue weighted by Crippen LogP contribution is -2.03. The Morgan fingerprint density at radius 1 is 1.47 bits per heavy atom. The van der Waals surface area contributed by atoms with Crippen LogP contribution >= 0.6 is 11.6 Å². The van der Waals surface area contributed by atoms with Crippen LogP contribution in [0.25, 0.3) is 6.08 Å². The maximum atomic E-state index is 12.0. The number of alkyl halides is 2. The number of aliphatic hydroxyl groups excluding tert-OH is 1. The summed E-state index contributed by atoms with van der Waals surface area (Å²) in [6.45, 7) is -3.06. The molecule has 1 N–H and O–H groups in total. The van der Waals surface area contributed by atoms with Gasteiger partial charge in [0, 0.05) is 10.6 Å². The van der Waals surface area contributed by atoms with E-state index in [0.717, 1.165) is 0 Å². The summed E-state index contributed by atoms with van der Waals surface area (Å²) in [4.78, 5) is 0. The Labute approximate surface area is 90.7 Å². The van der Waals surface area contributed by atoms with Crippen LogP contribution in [0.4, 0.5) is 8.78 Å². The Kier molecular flexibility index (Phi) is 4.52. The third kappa shape index (κ3) is 3.85. The molecule has 1 aromatic rings.